The van der Waals surface area contributed by atoms with E-state index in [1.165, 1.54) is 0 Å². The van der Waals surface area contributed by atoms with E-state index in [1.54, 1.807) is 17.0 Å². The Morgan fingerprint density at radius 3 is 2.30 bits per heavy atom. The number of nitrogens with zero attached hydrogens (tertiary/aromatic N) is 1. The highest BCUT2D eigenvalue weighted by Gasteiger charge is 2.10. The molecule has 3 aromatic carbocycles. The molecule has 33 heavy (non-hydrogen) atoms. The van der Waals surface area contributed by atoms with Crippen LogP contribution in [-0.4, -0.2) is 42.1 Å². The molecule has 0 aromatic heterocycles. The molecule has 174 valence electrons. The van der Waals surface area contributed by atoms with E-state index in [0.717, 1.165) is 47.0 Å². The van der Waals surface area contributed by atoms with E-state index in [0.29, 0.717) is 18.1 Å². The van der Waals surface area contributed by atoms with E-state index in [9.17, 15) is 9.59 Å². The van der Waals surface area contributed by atoms with Crippen molar-refractivity contribution in [2.75, 3.05) is 19.7 Å². The Balaban J connectivity index is 0.000000479. The van der Waals surface area contributed by atoms with Gasteiger partial charge in [0.2, 0.25) is 6.41 Å². The van der Waals surface area contributed by atoms with Gasteiger partial charge in [0.05, 0.1) is 0 Å². The molecule has 0 radical (unpaired) electrons. The van der Waals surface area contributed by atoms with Gasteiger partial charge >= 0.3 is 5.97 Å². The van der Waals surface area contributed by atoms with Crippen molar-refractivity contribution in [3.63, 3.8) is 0 Å². The molecule has 0 saturated heterocycles. The van der Waals surface area contributed by atoms with Crippen LogP contribution in [0.1, 0.15) is 31.9 Å². The molecule has 6 nitrogen and oxygen atoms in total. The Morgan fingerprint density at radius 2 is 1.70 bits per heavy atom. The van der Waals surface area contributed by atoms with Crippen LogP contribution in [0.2, 0.25) is 0 Å². The summed E-state index contributed by atoms with van der Waals surface area (Å²) in [4.78, 5) is 22.4. The number of allylic oxidation sites excluding steroid dienone is 1. The van der Waals surface area contributed by atoms with Crippen LogP contribution in [0.3, 0.4) is 0 Å². The maximum atomic E-state index is 10.8. The number of aliphatic carboxylic acids is 1. The molecule has 3 rings (SSSR count). The van der Waals surface area contributed by atoms with Gasteiger partial charge in [0.25, 0.3) is 0 Å². The molecule has 1 amide bonds. The Bertz CT molecular complexity index is 1080. The van der Waals surface area contributed by atoms with Gasteiger partial charge in [-0.15, -0.1) is 0 Å². The van der Waals surface area contributed by atoms with Crippen molar-refractivity contribution >= 4 is 28.7 Å². The van der Waals surface area contributed by atoms with E-state index in [1.807, 2.05) is 51.1 Å². The average Bonchev–Trinajstić information content (AvgIpc) is 2.83. The molecule has 0 saturated carbocycles. The number of ether oxygens (including phenoxy) is 2. The number of fused-ring (bicyclic) bond motifs is 1. The molecule has 3 aromatic rings. The summed E-state index contributed by atoms with van der Waals surface area (Å²) in [5.41, 5.74) is 2.80. The number of carboxylic acid groups (broad SMARTS) is 1. The summed E-state index contributed by atoms with van der Waals surface area (Å²) >= 11 is 0. The predicted octanol–water partition coefficient (Wildman–Crippen LogP) is 5.40. The molecule has 1 N–H and O–H groups in total. The van der Waals surface area contributed by atoms with Crippen molar-refractivity contribution in [1.29, 1.82) is 0 Å². The number of carbonyl (C=O) groups excluding carboxylic acids is 1. The van der Waals surface area contributed by atoms with E-state index in [2.05, 4.69) is 24.8 Å². The van der Waals surface area contributed by atoms with Gasteiger partial charge in [-0.3, -0.25) is 4.79 Å². The first-order valence-corrected chi connectivity index (χ1v) is 10.8. The van der Waals surface area contributed by atoms with Crippen molar-refractivity contribution in [1.82, 2.24) is 4.90 Å². The van der Waals surface area contributed by atoms with Gasteiger partial charge in [0.15, 0.2) is 18.1 Å². The minimum Gasteiger partial charge on any atom is -0.485 e. The SMILES string of the molecule is C=C(C)c1ccc(OCc2cccc3ccccc23)c(OCC(=O)O)c1.CCN(C=O)CC. The number of hydrogen-bond donors (Lipinski definition) is 1. The van der Waals surface area contributed by atoms with Gasteiger partial charge in [-0.25, -0.2) is 4.79 Å². The van der Waals surface area contributed by atoms with Crippen LogP contribution in [0, 0.1) is 0 Å². The lowest BCUT2D eigenvalue weighted by molar-refractivity contribution is -0.139. The summed E-state index contributed by atoms with van der Waals surface area (Å²) in [6.45, 7) is 11.3. The lowest BCUT2D eigenvalue weighted by Crippen LogP contribution is -2.19. The summed E-state index contributed by atoms with van der Waals surface area (Å²) < 4.78 is 11.4. The maximum absolute atomic E-state index is 10.8. The largest absolute Gasteiger partial charge is 0.485 e. The molecule has 0 aliphatic heterocycles. The van der Waals surface area contributed by atoms with Crippen LogP contribution in [0.4, 0.5) is 0 Å². The molecule has 0 spiro atoms. The average molecular weight is 450 g/mol. The minimum absolute atomic E-state index is 0.358. The lowest BCUT2D eigenvalue weighted by atomic mass is 10.1. The van der Waals surface area contributed by atoms with Crippen molar-refractivity contribution < 1.29 is 24.2 Å². The highest BCUT2D eigenvalue weighted by Crippen LogP contribution is 2.32. The number of carboxylic acids is 1. The summed E-state index contributed by atoms with van der Waals surface area (Å²) in [5, 5.41) is 11.2. The topological polar surface area (TPSA) is 76.1 Å². The van der Waals surface area contributed by atoms with Gasteiger partial charge in [-0.2, -0.15) is 0 Å². The third-order valence-corrected chi connectivity index (χ3v) is 5.01. The first-order chi connectivity index (χ1) is 15.9. The molecule has 6 heteroatoms. The van der Waals surface area contributed by atoms with Crippen LogP contribution < -0.4 is 9.47 Å². The second-order valence-corrected chi connectivity index (χ2v) is 7.38. The van der Waals surface area contributed by atoms with Crippen LogP contribution in [0.5, 0.6) is 11.5 Å². The zero-order valence-corrected chi connectivity index (χ0v) is 19.4. The third-order valence-electron chi connectivity index (χ3n) is 5.01. The van der Waals surface area contributed by atoms with Gasteiger partial charge in [-0.05, 0) is 54.8 Å². The van der Waals surface area contributed by atoms with Gasteiger partial charge < -0.3 is 19.5 Å². The monoisotopic (exact) mass is 449 g/mol. The molecular formula is C27H31NO5. The predicted molar refractivity (Wildman–Crippen MR) is 132 cm³/mol. The van der Waals surface area contributed by atoms with Gasteiger partial charge in [0, 0.05) is 13.1 Å². The Kier molecular flexibility index (Phi) is 9.96. The molecular weight excluding hydrogens is 418 g/mol. The van der Waals surface area contributed by atoms with E-state index < -0.39 is 12.6 Å². The highest BCUT2D eigenvalue weighted by molar-refractivity contribution is 5.85. The van der Waals surface area contributed by atoms with Crippen LogP contribution in [-0.2, 0) is 16.2 Å². The first-order valence-electron chi connectivity index (χ1n) is 10.8. The second-order valence-electron chi connectivity index (χ2n) is 7.38. The quantitative estimate of drug-likeness (QED) is 0.420. The summed E-state index contributed by atoms with van der Waals surface area (Å²) in [5.74, 6) is -0.136. The number of carbonyl (C=O) groups is 2. The summed E-state index contributed by atoms with van der Waals surface area (Å²) in [7, 11) is 0. The van der Waals surface area contributed by atoms with Crippen molar-refractivity contribution in [3.8, 4) is 11.5 Å². The van der Waals surface area contributed by atoms with Gasteiger partial charge in [0.1, 0.15) is 6.61 Å². The summed E-state index contributed by atoms with van der Waals surface area (Å²) in [6.07, 6.45) is 0.861. The molecule has 0 unspecified atom stereocenters. The molecule has 0 bridgehead atoms. The molecule has 0 heterocycles. The van der Waals surface area contributed by atoms with Crippen molar-refractivity contribution in [3.05, 3.63) is 78.4 Å². The molecule has 0 aliphatic carbocycles. The fourth-order valence-electron chi connectivity index (χ4n) is 3.09. The second kappa shape index (κ2) is 12.9. The van der Waals surface area contributed by atoms with E-state index in [-0.39, 0.29) is 0 Å². The Morgan fingerprint density at radius 1 is 1.00 bits per heavy atom. The lowest BCUT2D eigenvalue weighted by Gasteiger charge is -2.14. The molecule has 0 fully saturated rings. The molecule has 0 atom stereocenters. The maximum Gasteiger partial charge on any atom is 0.341 e. The van der Waals surface area contributed by atoms with E-state index in [4.69, 9.17) is 14.6 Å². The first kappa shape index (κ1) is 25.5. The van der Waals surface area contributed by atoms with Crippen molar-refractivity contribution in [2.45, 2.75) is 27.4 Å². The number of benzene rings is 3. The Labute approximate surface area is 195 Å². The zero-order chi connectivity index (χ0) is 24.2. The van der Waals surface area contributed by atoms with Crippen LogP contribution in [0.25, 0.3) is 16.3 Å². The summed E-state index contributed by atoms with van der Waals surface area (Å²) in [6, 6.07) is 19.6. The molecule has 0 aliphatic rings. The fraction of sp³-hybridized carbons (Fsp3) is 0.259. The smallest absolute Gasteiger partial charge is 0.341 e. The Hall–Kier alpha value is -3.80. The van der Waals surface area contributed by atoms with Crippen LogP contribution in [0.15, 0.2) is 67.2 Å². The minimum atomic E-state index is -1.04. The van der Waals surface area contributed by atoms with Crippen LogP contribution >= 0.6 is 0 Å². The normalized spacial score (nSPS) is 10.0. The number of amides is 1. The number of hydrogen-bond acceptors (Lipinski definition) is 4. The fourth-order valence-corrected chi connectivity index (χ4v) is 3.09. The highest BCUT2D eigenvalue weighted by atomic mass is 16.5. The van der Waals surface area contributed by atoms with Crippen molar-refractivity contribution in [2.24, 2.45) is 0 Å². The third kappa shape index (κ3) is 7.68. The zero-order valence-electron chi connectivity index (χ0n) is 19.4. The van der Waals surface area contributed by atoms with E-state index >= 15 is 0 Å². The van der Waals surface area contributed by atoms with Gasteiger partial charge in [-0.1, -0.05) is 60.7 Å². The number of rotatable bonds is 10. The standard InChI is InChI=1S/C22H20O4.C5H11NO/c1-15(2)17-10-11-20(21(12-17)26-14-22(23)24)25-13-18-8-5-7-16-6-3-4-9-19(16)18;1-3-6(4-2)5-7/h3-12H,1,13-14H2,2H3,(H,23,24);5H,3-4H2,1-2H3.